The SMILES string of the molecule is O=C(c1cccc(C2CCOC2)c1)N1CCC12CCC(CO)CC2. The van der Waals surface area contributed by atoms with Crippen molar-refractivity contribution in [2.24, 2.45) is 5.92 Å². The maximum atomic E-state index is 13.1. The number of likely N-dealkylation sites (tertiary alicyclic amines) is 1. The molecule has 2 heterocycles. The van der Waals surface area contributed by atoms with Crippen LogP contribution in [0.2, 0.25) is 0 Å². The van der Waals surface area contributed by atoms with Crippen molar-refractivity contribution in [1.82, 2.24) is 4.90 Å². The molecular weight excluding hydrogens is 302 g/mol. The molecule has 1 atom stereocenters. The molecular formula is C20H27NO3. The van der Waals surface area contributed by atoms with Crippen LogP contribution < -0.4 is 0 Å². The number of benzene rings is 1. The highest BCUT2D eigenvalue weighted by atomic mass is 16.5. The Morgan fingerprint density at radius 2 is 2.08 bits per heavy atom. The summed E-state index contributed by atoms with van der Waals surface area (Å²) in [6.45, 7) is 2.76. The van der Waals surface area contributed by atoms with Gasteiger partial charge in [0.05, 0.1) is 6.61 Å². The Labute approximate surface area is 143 Å². The van der Waals surface area contributed by atoms with Crippen molar-refractivity contribution in [2.45, 2.75) is 50.0 Å². The van der Waals surface area contributed by atoms with E-state index >= 15 is 0 Å². The molecule has 0 radical (unpaired) electrons. The van der Waals surface area contributed by atoms with Gasteiger partial charge in [-0.2, -0.15) is 0 Å². The van der Waals surface area contributed by atoms with Gasteiger partial charge in [-0.25, -0.2) is 0 Å². The molecule has 1 spiro atoms. The molecule has 1 saturated carbocycles. The van der Waals surface area contributed by atoms with Gasteiger partial charge in [-0.3, -0.25) is 4.79 Å². The maximum absolute atomic E-state index is 13.1. The highest BCUT2D eigenvalue weighted by molar-refractivity contribution is 5.95. The minimum Gasteiger partial charge on any atom is -0.396 e. The van der Waals surface area contributed by atoms with E-state index in [-0.39, 0.29) is 18.1 Å². The first kappa shape index (κ1) is 16.1. The molecule has 3 aliphatic rings. The molecule has 24 heavy (non-hydrogen) atoms. The lowest BCUT2D eigenvalue weighted by Gasteiger charge is -2.56. The van der Waals surface area contributed by atoms with Crippen LogP contribution >= 0.6 is 0 Å². The Balaban J connectivity index is 1.49. The fourth-order valence-corrected chi connectivity index (χ4v) is 4.65. The summed E-state index contributed by atoms with van der Waals surface area (Å²) in [6.07, 6.45) is 6.33. The van der Waals surface area contributed by atoms with E-state index in [4.69, 9.17) is 4.74 Å². The van der Waals surface area contributed by atoms with Gasteiger partial charge in [-0.1, -0.05) is 12.1 Å². The molecule has 1 unspecified atom stereocenters. The second-order valence-electron chi connectivity index (χ2n) is 7.74. The van der Waals surface area contributed by atoms with Crippen LogP contribution in [0.15, 0.2) is 24.3 Å². The average Bonchev–Trinajstić information content (AvgIpc) is 3.15. The number of hydrogen-bond acceptors (Lipinski definition) is 3. The summed E-state index contributed by atoms with van der Waals surface area (Å²) in [5, 5.41) is 9.35. The minimum atomic E-state index is 0.0647. The number of carbonyl (C=O) groups excluding carboxylic acids is 1. The van der Waals surface area contributed by atoms with Crippen molar-refractivity contribution < 1.29 is 14.6 Å². The number of nitrogens with zero attached hydrogens (tertiary/aromatic N) is 1. The van der Waals surface area contributed by atoms with Crippen LogP contribution in [0.3, 0.4) is 0 Å². The Morgan fingerprint density at radius 3 is 2.71 bits per heavy atom. The van der Waals surface area contributed by atoms with E-state index in [9.17, 15) is 9.90 Å². The van der Waals surface area contributed by atoms with Crippen molar-refractivity contribution in [3.05, 3.63) is 35.4 Å². The van der Waals surface area contributed by atoms with E-state index in [1.165, 1.54) is 5.56 Å². The average molecular weight is 329 g/mol. The van der Waals surface area contributed by atoms with Crippen molar-refractivity contribution in [3.8, 4) is 0 Å². The lowest BCUT2D eigenvalue weighted by molar-refractivity contribution is -0.0354. The third-order valence-electron chi connectivity index (χ3n) is 6.45. The fourth-order valence-electron chi connectivity index (χ4n) is 4.65. The van der Waals surface area contributed by atoms with Gasteiger partial charge in [0.2, 0.25) is 0 Å². The summed E-state index contributed by atoms with van der Waals surface area (Å²) in [5.41, 5.74) is 2.12. The number of aliphatic hydroxyl groups is 1. The Morgan fingerprint density at radius 1 is 1.25 bits per heavy atom. The number of ether oxygens (including phenoxy) is 1. The van der Waals surface area contributed by atoms with Crippen LogP contribution in [0.4, 0.5) is 0 Å². The molecule has 4 rings (SSSR count). The van der Waals surface area contributed by atoms with Crippen molar-refractivity contribution in [2.75, 3.05) is 26.4 Å². The normalized spacial score (nSPS) is 32.8. The maximum Gasteiger partial charge on any atom is 0.254 e. The summed E-state index contributed by atoms with van der Waals surface area (Å²) >= 11 is 0. The second kappa shape index (κ2) is 6.49. The van der Waals surface area contributed by atoms with E-state index in [1.54, 1.807) is 0 Å². The Bertz CT molecular complexity index is 601. The lowest BCUT2D eigenvalue weighted by atomic mass is 9.69. The Hall–Kier alpha value is -1.39. The first-order valence-corrected chi connectivity index (χ1v) is 9.32. The predicted octanol–water partition coefficient (Wildman–Crippen LogP) is 2.96. The lowest BCUT2D eigenvalue weighted by Crippen LogP contribution is -2.63. The molecule has 1 aliphatic carbocycles. The van der Waals surface area contributed by atoms with Crippen molar-refractivity contribution >= 4 is 5.91 Å². The van der Waals surface area contributed by atoms with Crippen molar-refractivity contribution in [3.63, 3.8) is 0 Å². The predicted molar refractivity (Wildman–Crippen MR) is 92.0 cm³/mol. The monoisotopic (exact) mass is 329 g/mol. The fraction of sp³-hybridized carbons (Fsp3) is 0.650. The van der Waals surface area contributed by atoms with Gasteiger partial charge in [-0.05, 0) is 62.1 Å². The molecule has 130 valence electrons. The molecule has 0 bridgehead atoms. The molecule has 2 saturated heterocycles. The zero-order valence-electron chi connectivity index (χ0n) is 14.2. The highest BCUT2D eigenvalue weighted by Crippen LogP contribution is 2.45. The molecule has 1 aromatic rings. The van der Waals surface area contributed by atoms with Crippen LogP contribution in [0.25, 0.3) is 0 Å². The van der Waals surface area contributed by atoms with E-state index in [2.05, 4.69) is 17.0 Å². The minimum absolute atomic E-state index is 0.0647. The molecule has 1 amide bonds. The van der Waals surface area contributed by atoms with Crippen molar-refractivity contribution in [1.29, 1.82) is 0 Å². The van der Waals surface area contributed by atoms with E-state index < -0.39 is 0 Å². The van der Waals surface area contributed by atoms with Gasteiger partial charge in [0.1, 0.15) is 0 Å². The summed E-state index contributed by atoms with van der Waals surface area (Å²) in [4.78, 5) is 15.2. The van der Waals surface area contributed by atoms with Gasteiger partial charge in [0.25, 0.3) is 5.91 Å². The number of rotatable bonds is 3. The van der Waals surface area contributed by atoms with Gasteiger partial charge in [0.15, 0.2) is 0 Å². The first-order chi connectivity index (χ1) is 11.7. The smallest absolute Gasteiger partial charge is 0.254 e. The third-order valence-corrected chi connectivity index (χ3v) is 6.45. The topological polar surface area (TPSA) is 49.8 Å². The zero-order chi connectivity index (χ0) is 16.6. The first-order valence-electron chi connectivity index (χ1n) is 9.32. The van der Waals surface area contributed by atoms with Crippen LogP contribution in [0.5, 0.6) is 0 Å². The number of hydrogen-bond donors (Lipinski definition) is 1. The number of aliphatic hydroxyl groups excluding tert-OH is 1. The largest absolute Gasteiger partial charge is 0.396 e. The van der Waals surface area contributed by atoms with Crippen LogP contribution in [0.1, 0.15) is 60.4 Å². The second-order valence-corrected chi connectivity index (χ2v) is 7.74. The Kier molecular flexibility index (Phi) is 4.35. The number of amides is 1. The zero-order valence-corrected chi connectivity index (χ0v) is 14.2. The van der Waals surface area contributed by atoms with Gasteiger partial charge in [0, 0.05) is 36.8 Å². The van der Waals surface area contributed by atoms with E-state index in [1.807, 2.05) is 12.1 Å². The summed E-state index contributed by atoms with van der Waals surface area (Å²) < 4.78 is 5.49. The van der Waals surface area contributed by atoms with Crippen LogP contribution in [0, 0.1) is 5.92 Å². The molecule has 3 fully saturated rings. The van der Waals surface area contributed by atoms with Crippen LogP contribution in [-0.4, -0.2) is 47.8 Å². The molecule has 4 heteroatoms. The quantitative estimate of drug-likeness (QED) is 0.927. The van der Waals surface area contributed by atoms with Crippen LogP contribution in [-0.2, 0) is 4.74 Å². The number of carbonyl (C=O) groups is 1. The van der Waals surface area contributed by atoms with Gasteiger partial charge in [-0.15, -0.1) is 0 Å². The highest BCUT2D eigenvalue weighted by Gasteiger charge is 2.48. The van der Waals surface area contributed by atoms with E-state index in [0.717, 1.165) is 63.8 Å². The standard InChI is InChI=1S/C20H27NO3/c22-13-15-4-7-20(8-5-15)9-10-21(20)19(23)17-3-1-2-16(12-17)18-6-11-24-14-18/h1-3,12,15,18,22H,4-11,13-14H2. The molecule has 4 nitrogen and oxygen atoms in total. The molecule has 1 N–H and O–H groups in total. The van der Waals surface area contributed by atoms with Gasteiger partial charge >= 0.3 is 0 Å². The molecule has 1 aromatic carbocycles. The van der Waals surface area contributed by atoms with E-state index in [0.29, 0.717) is 11.8 Å². The molecule has 0 aromatic heterocycles. The third kappa shape index (κ3) is 2.76. The summed E-state index contributed by atoms with van der Waals surface area (Å²) in [5.74, 6) is 1.05. The summed E-state index contributed by atoms with van der Waals surface area (Å²) in [6, 6.07) is 8.16. The molecule has 2 aliphatic heterocycles. The summed E-state index contributed by atoms with van der Waals surface area (Å²) in [7, 11) is 0. The van der Waals surface area contributed by atoms with Gasteiger partial charge < -0.3 is 14.7 Å².